The highest BCUT2D eigenvalue weighted by atomic mass is 16.1. The maximum Gasteiger partial charge on any atom is 0.259 e. The van der Waals surface area contributed by atoms with E-state index in [0.717, 1.165) is 23.3 Å². The molecular formula is C22H22N4O. The fraction of sp³-hybridized carbons (Fsp3) is 0.227. The molecule has 0 saturated carbocycles. The van der Waals surface area contributed by atoms with Crippen LogP contribution in [-0.2, 0) is 13.0 Å². The van der Waals surface area contributed by atoms with Crippen molar-refractivity contribution < 1.29 is 4.79 Å². The van der Waals surface area contributed by atoms with Gasteiger partial charge in [-0.3, -0.25) is 4.79 Å². The number of para-hydroxylation sites is 1. The van der Waals surface area contributed by atoms with Gasteiger partial charge in [-0.15, -0.1) is 0 Å². The van der Waals surface area contributed by atoms with Gasteiger partial charge in [-0.2, -0.15) is 0 Å². The molecule has 5 nitrogen and oxygen atoms in total. The zero-order chi connectivity index (χ0) is 19.0. The van der Waals surface area contributed by atoms with Gasteiger partial charge in [0.15, 0.2) is 0 Å². The molecule has 4 aromatic rings. The number of aromatic nitrogens is 3. The average Bonchev–Trinajstić information content (AvgIpc) is 3.00. The zero-order valence-corrected chi connectivity index (χ0v) is 15.8. The van der Waals surface area contributed by atoms with Gasteiger partial charge in [0.05, 0.1) is 11.3 Å². The van der Waals surface area contributed by atoms with Crippen molar-refractivity contribution in [2.75, 3.05) is 5.32 Å². The fourth-order valence-corrected chi connectivity index (χ4v) is 3.65. The van der Waals surface area contributed by atoms with Gasteiger partial charge in [0.25, 0.3) is 5.91 Å². The molecule has 1 amide bonds. The van der Waals surface area contributed by atoms with Crippen molar-refractivity contribution in [2.24, 2.45) is 0 Å². The van der Waals surface area contributed by atoms with Crippen LogP contribution < -0.4 is 5.32 Å². The van der Waals surface area contributed by atoms with Crippen LogP contribution in [0.4, 0.5) is 5.69 Å². The Morgan fingerprint density at radius 2 is 1.85 bits per heavy atom. The number of carbonyl (C=O) groups is 1. The van der Waals surface area contributed by atoms with E-state index in [4.69, 9.17) is 0 Å². The van der Waals surface area contributed by atoms with E-state index in [0.29, 0.717) is 17.8 Å². The summed E-state index contributed by atoms with van der Waals surface area (Å²) in [5.74, 6) is 0.502. The molecular weight excluding hydrogens is 336 g/mol. The first kappa shape index (κ1) is 17.2. The van der Waals surface area contributed by atoms with Gasteiger partial charge in [-0.1, -0.05) is 25.1 Å². The quantitative estimate of drug-likeness (QED) is 0.574. The third kappa shape index (κ3) is 2.95. The molecule has 0 aliphatic rings. The molecule has 0 spiro atoms. The Labute approximate surface area is 158 Å². The summed E-state index contributed by atoms with van der Waals surface area (Å²) in [6, 6.07) is 14.4. The van der Waals surface area contributed by atoms with Gasteiger partial charge in [0, 0.05) is 40.2 Å². The number of anilines is 1. The summed E-state index contributed by atoms with van der Waals surface area (Å²) < 4.78 is 2.29. The smallest absolute Gasteiger partial charge is 0.259 e. The summed E-state index contributed by atoms with van der Waals surface area (Å²) >= 11 is 0. The maximum atomic E-state index is 12.8. The Balaban J connectivity index is 1.75. The van der Waals surface area contributed by atoms with Crippen molar-refractivity contribution in [3.05, 3.63) is 65.7 Å². The Bertz CT molecular complexity index is 1160. The Morgan fingerprint density at radius 1 is 1.07 bits per heavy atom. The number of carbonyl (C=O) groups excluding carboxylic acids is 1. The monoisotopic (exact) mass is 358 g/mol. The highest BCUT2D eigenvalue weighted by molar-refractivity contribution is 6.11. The topological polar surface area (TPSA) is 59.8 Å². The number of benzene rings is 2. The first-order valence-corrected chi connectivity index (χ1v) is 9.27. The predicted molar refractivity (Wildman–Crippen MR) is 109 cm³/mol. The van der Waals surface area contributed by atoms with Gasteiger partial charge in [-0.25, -0.2) is 9.97 Å². The molecule has 1 N–H and O–H groups in total. The minimum atomic E-state index is -0.176. The van der Waals surface area contributed by atoms with Crippen molar-refractivity contribution in [3.63, 3.8) is 0 Å². The normalized spacial score (nSPS) is 11.2. The van der Waals surface area contributed by atoms with Crippen LogP contribution in [0.5, 0.6) is 0 Å². The standard InChI is InChI=1S/C22H22N4O/c1-4-19-18(13-23-14(3)24-19)22(27)25-15-10-11-21-17(12-15)16-8-6-7-9-20(16)26(21)5-2/h6-13H,4-5H2,1-3H3,(H,25,27). The van der Waals surface area contributed by atoms with E-state index in [1.165, 1.54) is 16.4 Å². The number of fused-ring (bicyclic) bond motifs is 3. The molecule has 136 valence electrons. The molecule has 2 heterocycles. The van der Waals surface area contributed by atoms with Crippen molar-refractivity contribution in [1.82, 2.24) is 14.5 Å². The maximum absolute atomic E-state index is 12.8. The molecule has 4 rings (SSSR count). The summed E-state index contributed by atoms with van der Waals surface area (Å²) in [6.45, 7) is 6.87. The van der Waals surface area contributed by atoms with Gasteiger partial charge < -0.3 is 9.88 Å². The van der Waals surface area contributed by atoms with E-state index in [9.17, 15) is 4.79 Å². The lowest BCUT2D eigenvalue weighted by molar-refractivity contribution is 0.102. The third-order valence-electron chi connectivity index (χ3n) is 4.91. The largest absolute Gasteiger partial charge is 0.341 e. The lowest BCUT2D eigenvalue weighted by atomic mass is 10.1. The average molecular weight is 358 g/mol. The van der Waals surface area contributed by atoms with E-state index in [2.05, 4.69) is 51.0 Å². The van der Waals surface area contributed by atoms with Gasteiger partial charge >= 0.3 is 0 Å². The second-order valence-corrected chi connectivity index (χ2v) is 6.58. The highest BCUT2D eigenvalue weighted by Crippen LogP contribution is 2.31. The van der Waals surface area contributed by atoms with Gasteiger partial charge in [0.1, 0.15) is 5.82 Å². The molecule has 0 bridgehead atoms. The van der Waals surface area contributed by atoms with Crippen LogP contribution in [0.25, 0.3) is 21.8 Å². The van der Waals surface area contributed by atoms with E-state index in [1.54, 1.807) is 6.20 Å². The molecule has 0 atom stereocenters. The van der Waals surface area contributed by atoms with Crippen LogP contribution >= 0.6 is 0 Å². The summed E-state index contributed by atoms with van der Waals surface area (Å²) in [5.41, 5.74) is 4.44. The number of nitrogens with one attached hydrogen (secondary N) is 1. The predicted octanol–water partition coefficient (Wildman–Crippen LogP) is 4.73. The zero-order valence-electron chi connectivity index (χ0n) is 15.8. The molecule has 0 saturated heterocycles. The highest BCUT2D eigenvalue weighted by Gasteiger charge is 2.15. The lowest BCUT2D eigenvalue weighted by Gasteiger charge is -2.09. The number of hydrogen-bond donors (Lipinski definition) is 1. The molecule has 0 aliphatic heterocycles. The van der Waals surface area contributed by atoms with Crippen LogP contribution in [0.15, 0.2) is 48.7 Å². The molecule has 0 aliphatic carbocycles. The minimum Gasteiger partial charge on any atom is -0.341 e. The number of aryl methyl sites for hydroxylation is 3. The summed E-state index contributed by atoms with van der Waals surface area (Å²) in [5, 5.41) is 5.34. The van der Waals surface area contributed by atoms with E-state index < -0.39 is 0 Å². The van der Waals surface area contributed by atoms with E-state index >= 15 is 0 Å². The molecule has 2 aromatic carbocycles. The van der Waals surface area contributed by atoms with Gasteiger partial charge in [-0.05, 0) is 44.5 Å². The van der Waals surface area contributed by atoms with Crippen molar-refractivity contribution in [2.45, 2.75) is 33.7 Å². The number of nitrogens with zero attached hydrogens (tertiary/aromatic N) is 3. The van der Waals surface area contributed by atoms with Crippen molar-refractivity contribution >= 4 is 33.4 Å². The lowest BCUT2D eigenvalue weighted by Crippen LogP contribution is -2.16. The van der Waals surface area contributed by atoms with Crippen molar-refractivity contribution in [1.29, 1.82) is 0 Å². The van der Waals surface area contributed by atoms with Crippen LogP contribution in [0, 0.1) is 6.92 Å². The summed E-state index contributed by atoms with van der Waals surface area (Å²) in [4.78, 5) is 21.3. The first-order chi connectivity index (χ1) is 13.1. The fourth-order valence-electron chi connectivity index (χ4n) is 3.65. The van der Waals surface area contributed by atoms with Crippen LogP contribution in [0.1, 0.15) is 35.7 Å². The molecule has 0 fully saturated rings. The van der Waals surface area contributed by atoms with Crippen LogP contribution in [-0.4, -0.2) is 20.4 Å². The number of rotatable bonds is 4. The molecule has 5 heteroatoms. The molecule has 0 radical (unpaired) electrons. The second-order valence-electron chi connectivity index (χ2n) is 6.58. The summed E-state index contributed by atoms with van der Waals surface area (Å²) in [7, 11) is 0. The first-order valence-electron chi connectivity index (χ1n) is 9.27. The SMILES string of the molecule is CCc1nc(C)ncc1C(=O)Nc1ccc2c(c1)c1ccccc1n2CC. The Hall–Kier alpha value is -3.21. The Kier molecular flexibility index (Phi) is 4.36. The van der Waals surface area contributed by atoms with Crippen LogP contribution in [0.2, 0.25) is 0 Å². The number of amides is 1. The third-order valence-corrected chi connectivity index (χ3v) is 4.91. The summed E-state index contributed by atoms with van der Waals surface area (Å²) in [6.07, 6.45) is 2.30. The van der Waals surface area contributed by atoms with Crippen LogP contribution in [0.3, 0.4) is 0 Å². The second kappa shape index (κ2) is 6.83. The van der Waals surface area contributed by atoms with Gasteiger partial charge in [0.2, 0.25) is 0 Å². The molecule has 0 unspecified atom stereocenters. The van der Waals surface area contributed by atoms with E-state index in [-0.39, 0.29) is 5.91 Å². The molecule has 27 heavy (non-hydrogen) atoms. The molecule has 2 aromatic heterocycles. The minimum absolute atomic E-state index is 0.176. The number of hydrogen-bond acceptors (Lipinski definition) is 3. The van der Waals surface area contributed by atoms with Crippen molar-refractivity contribution in [3.8, 4) is 0 Å². The van der Waals surface area contributed by atoms with E-state index in [1.807, 2.05) is 32.0 Å². The Morgan fingerprint density at radius 3 is 2.63 bits per heavy atom.